The minimum atomic E-state index is -2.86. The molecule has 62 valence electrons. The Hall–Kier alpha value is 0.540. The van der Waals surface area contributed by atoms with Crippen LogP contribution in [0, 0.1) is 0 Å². The summed E-state index contributed by atoms with van der Waals surface area (Å²) in [7, 11) is 0. The third-order valence-corrected chi connectivity index (χ3v) is 0.348. The quantitative estimate of drug-likeness (QED) is 0.270. The number of carbonyl (C=O) groups is 1. The first-order chi connectivity index (χ1) is 4.50. The Labute approximate surface area is 89.9 Å². The van der Waals surface area contributed by atoms with Crippen molar-refractivity contribution in [2.24, 2.45) is 0 Å². The SMILES string of the molecule is CCOC(C)=O.O=S([O-])O.[Na+]. The fourth-order valence-corrected chi connectivity index (χ4v) is 0.203. The summed E-state index contributed by atoms with van der Waals surface area (Å²) in [5, 5.41) is 0. The summed E-state index contributed by atoms with van der Waals surface area (Å²) in [6.45, 7) is 3.65. The third kappa shape index (κ3) is 61.3. The van der Waals surface area contributed by atoms with E-state index in [1.54, 1.807) is 6.92 Å². The van der Waals surface area contributed by atoms with E-state index in [2.05, 4.69) is 4.74 Å². The van der Waals surface area contributed by atoms with Crippen LogP contribution in [0.4, 0.5) is 0 Å². The van der Waals surface area contributed by atoms with E-state index in [0.29, 0.717) is 6.61 Å². The molecule has 0 aromatic carbocycles. The summed E-state index contributed by atoms with van der Waals surface area (Å²) in [5.74, 6) is -0.211. The molecule has 0 aliphatic carbocycles. The first-order valence-corrected chi connectivity index (χ1v) is 3.45. The van der Waals surface area contributed by atoms with Gasteiger partial charge in [-0.3, -0.25) is 4.79 Å². The van der Waals surface area contributed by atoms with Crippen LogP contribution in [0.25, 0.3) is 0 Å². The maximum absolute atomic E-state index is 9.82. The van der Waals surface area contributed by atoms with Crippen LogP contribution in [0.3, 0.4) is 0 Å². The molecule has 11 heavy (non-hydrogen) atoms. The minimum absolute atomic E-state index is 0. The van der Waals surface area contributed by atoms with Gasteiger partial charge >= 0.3 is 35.5 Å². The summed E-state index contributed by atoms with van der Waals surface area (Å²) in [6.07, 6.45) is 0. The van der Waals surface area contributed by atoms with Gasteiger partial charge < -0.3 is 13.8 Å². The van der Waals surface area contributed by atoms with Crippen molar-refractivity contribution in [2.75, 3.05) is 6.61 Å². The van der Waals surface area contributed by atoms with E-state index in [-0.39, 0.29) is 35.5 Å². The molecular formula is C4H9NaO5S. The van der Waals surface area contributed by atoms with Gasteiger partial charge in [0.05, 0.1) is 18.0 Å². The van der Waals surface area contributed by atoms with Gasteiger partial charge in [0.15, 0.2) is 0 Å². The van der Waals surface area contributed by atoms with Crippen molar-refractivity contribution in [3.05, 3.63) is 0 Å². The molecule has 0 bridgehead atoms. The first-order valence-electron chi connectivity index (χ1n) is 2.42. The minimum Gasteiger partial charge on any atom is -0.750 e. The largest absolute Gasteiger partial charge is 1.00 e. The predicted octanol–water partition coefficient (Wildman–Crippen LogP) is -3.09. The topological polar surface area (TPSA) is 86.7 Å². The molecule has 0 aliphatic heterocycles. The van der Waals surface area contributed by atoms with Crippen molar-refractivity contribution in [2.45, 2.75) is 13.8 Å². The van der Waals surface area contributed by atoms with E-state index < -0.39 is 11.4 Å². The molecule has 0 saturated carbocycles. The van der Waals surface area contributed by atoms with Crippen LogP contribution < -0.4 is 29.6 Å². The molecule has 0 aromatic rings. The van der Waals surface area contributed by atoms with E-state index in [0.717, 1.165) is 0 Å². The zero-order valence-electron chi connectivity index (χ0n) is 6.70. The van der Waals surface area contributed by atoms with Gasteiger partial charge in [-0.15, -0.1) is 0 Å². The molecule has 1 unspecified atom stereocenters. The van der Waals surface area contributed by atoms with Crippen molar-refractivity contribution >= 4 is 17.3 Å². The average molecular weight is 192 g/mol. The van der Waals surface area contributed by atoms with Crippen molar-refractivity contribution in [3.63, 3.8) is 0 Å². The molecule has 0 aromatic heterocycles. The van der Waals surface area contributed by atoms with E-state index >= 15 is 0 Å². The van der Waals surface area contributed by atoms with Gasteiger partial charge in [-0.2, -0.15) is 0 Å². The Morgan fingerprint density at radius 1 is 1.73 bits per heavy atom. The number of hydrogen-bond acceptors (Lipinski definition) is 4. The van der Waals surface area contributed by atoms with Crippen molar-refractivity contribution in [1.82, 2.24) is 0 Å². The van der Waals surface area contributed by atoms with Crippen molar-refractivity contribution < 1.29 is 52.4 Å². The predicted molar refractivity (Wildman–Crippen MR) is 33.9 cm³/mol. The summed E-state index contributed by atoms with van der Waals surface area (Å²) < 4.78 is 28.5. The molecule has 0 radical (unpaired) electrons. The van der Waals surface area contributed by atoms with Gasteiger partial charge in [-0.1, -0.05) is 0 Å². The van der Waals surface area contributed by atoms with Gasteiger partial charge in [0.25, 0.3) is 0 Å². The monoisotopic (exact) mass is 192 g/mol. The first kappa shape index (κ1) is 17.6. The number of esters is 1. The molecule has 0 spiro atoms. The zero-order chi connectivity index (χ0) is 8.57. The summed E-state index contributed by atoms with van der Waals surface area (Å²) in [4.78, 5) is 9.82. The van der Waals surface area contributed by atoms with E-state index in [9.17, 15) is 4.79 Å². The van der Waals surface area contributed by atoms with Gasteiger partial charge in [-0.05, 0) is 6.92 Å². The standard InChI is InChI=1S/C4H8O2.Na.H2O3S/c1-3-6-4(2)5;;1-4(2)3/h3H2,1-2H3;;(H2,1,2,3)/q;+1;/p-1. The Balaban J connectivity index is -0.000000114. The molecule has 1 N–H and O–H groups in total. The summed E-state index contributed by atoms with van der Waals surface area (Å²) in [6, 6.07) is 0. The van der Waals surface area contributed by atoms with Gasteiger partial charge in [0.2, 0.25) is 0 Å². The van der Waals surface area contributed by atoms with Gasteiger partial charge in [0.1, 0.15) is 0 Å². The normalized spacial score (nSPS) is 9.82. The second-order valence-electron chi connectivity index (χ2n) is 1.14. The molecule has 1 atom stereocenters. The fourth-order valence-electron chi connectivity index (χ4n) is 0.203. The smallest absolute Gasteiger partial charge is 0.750 e. The maximum atomic E-state index is 9.82. The molecule has 0 saturated heterocycles. The van der Waals surface area contributed by atoms with Crippen LogP contribution in [-0.2, 0) is 20.9 Å². The Kier molecular flexibility index (Phi) is 21.0. The molecule has 0 rings (SSSR count). The van der Waals surface area contributed by atoms with Gasteiger partial charge in [0, 0.05) is 6.92 Å². The second-order valence-corrected chi connectivity index (χ2v) is 1.58. The van der Waals surface area contributed by atoms with E-state index in [1.165, 1.54) is 6.92 Å². The second kappa shape index (κ2) is 13.2. The zero-order valence-corrected chi connectivity index (χ0v) is 9.51. The van der Waals surface area contributed by atoms with Crippen LogP contribution in [0.15, 0.2) is 0 Å². The molecular weight excluding hydrogens is 183 g/mol. The third-order valence-electron chi connectivity index (χ3n) is 0.348. The number of carbonyl (C=O) groups excluding carboxylic acids is 1. The summed E-state index contributed by atoms with van der Waals surface area (Å²) in [5.41, 5.74) is 0. The Morgan fingerprint density at radius 3 is 2.00 bits per heavy atom. The molecule has 0 heterocycles. The maximum Gasteiger partial charge on any atom is 1.00 e. The molecule has 5 nitrogen and oxygen atoms in total. The van der Waals surface area contributed by atoms with Crippen molar-refractivity contribution in [1.29, 1.82) is 0 Å². The molecule has 7 heteroatoms. The van der Waals surface area contributed by atoms with Crippen LogP contribution in [0.1, 0.15) is 13.8 Å². The average Bonchev–Trinajstić information content (AvgIpc) is 1.62. The van der Waals surface area contributed by atoms with Crippen LogP contribution >= 0.6 is 0 Å². The summed E-state index contributed by atoms with van der Waals surface area (Å²) >= 11 is -2.86. The number of ether oxygens (including phenoxy) is 1. The Bertz CT molecular complexity index is 113. The Morgan fingerprint density at radius 2 is 2.00 bits per heavy atom. The molecule has 0 aliphatic rings. The van der Waals surface area contributed by atoms with Gasteiger partial charge in [-0.25, -0.2) is 4.21 Å². The number of rotatable bonds is 1. The van der Waals surface area contributed by atoms with Crippen LogP contribution in [0.5, 0.6) is 0 Å². The molecule has 0 amide bonds. The van der Waals surface area contributed by atoms with E-state index in [4.69, 9.17) is 13.3 Å². The molecule has 0 fully saturated rings. The number of hydrogen-bond donors (Lipinski definition) is 1. The van der Waals surface area contributed by atoms with Crippen LogP contribution in [-0.4, -0.2) is 25.9 Å². The van der Waals surface area contributed by atoms with Crippen molar-refractivity contribution in [3.8, 4) is 0 Å². The van der Waals surface area contributed by atoms with Crippen LogP contribution in [0.2, 0.25) is 0 Å². The van der Waals surface area contributed by atoms with E-state index in [1.807, 2.05) is 0 Å². The fraction of sp³-hybridized carbons (Fsp3) is 0.750.